The van der Waals surface area contributed by atoms with E-state index in [0.717, 1.165) is 11.5 Å². The van der Waals surface area contributed by atoms with E-state index in [4.69, 9.17) is 11.6 Å². The maximum Gasteiger partial charge on any atom is 0.265 e. The highest BCUT2D eigenvalue weighted by molar-refractivity contribution is 9.10. The fraction of sp³-hybridized carbons (Fsp3) is 0.300. The fourth-order valence-electron chi connectivity index (χ4n) is 1.24. The van der Waals surface area contributed by atoms with Crippen LogP contribution in [0.5, 0.6) is 0 Å². The largest absolute Gasteiger partial charge is 0.265 e. The first-order valence-electron chi connectivity index (χ1n) is 5.47. The average molecular weight is 398 g/mol. The van der Waals surface area contributed by atoms with Crippen LogP contribution in [0.3, 0.4) is 0 Å². The van der Waals surface area contributed by atoms with Crippen LogP contribution in [-0.2, 0) is 10.0 Å². The van der Waals surface area contributed by atoms with Crippen LogP contribution < -0.4 is 4.72 Å². The Balaban J connectivity index is 2.28. The van der Waals surface area contributed by atoms with Crippen LogP contribution in [0.2, 0.25) is 5.15 Å². The van der Waals surface area contributed by atoms with Gasteiger partial charge in [0.1, 0.15) is 15.9 Å². The van der Waals surface area contributed by atoms with Gasteiger partial charge in [-0.2, -0.15) is 4.37 Å². The van der Waals surface area contributed by atoms with Gasteiger partial charge in [0.15, 0.2) is 0 Å². The molecule has 0 aliphatic carbocycles. The van der Waals surface area contributed by atoms with Gasteiger partial charge in [-0.25, -0.2) is 18.4 Å². The Kier molecular flexibility index (Phi) is 4.62. The molecule has 1 N–H and O–H groups in total. The molecule has 6 nitrogen and oxygen atoms in total. The average Bonchev–Trinajstić information content (AvgIpc) is 2.80. The van der Waals surface area contributed by atoms with Crippen LogP contribution in [0.15, 0.2) is 21.6 Å². The van der Waals surface area contributed by atoms with Gasteiger partial charge >= 0.3 is 0 Å². The standard InChI is InChI=1S/C10H10BrClN4O2S2/c1-5(2)9-14-10(19-15-9)16-20(17,18)6-3-7(11)8(12)13-4-6/h3-5H,1-2H3,(H,14,15,16). The lowest BCUT2D eigenvalue weighted by molar-refractivity contribution is 0.600. The molecule has 10 heteroatoms. The summed E-state index contributed by atoms with van der Waals surface area (Å²) in [6.07, 6.45) is 1.18. The second kappa shape index (κ2) is 5.92. The van der Waals surface area contributed by atoms with Crippen molar-refractivity contribution in [3.8, 4) is 0 Å². The van der Waals surface area contributed by atoms with Gasteiger partial charge in [0, 0.05) is 23.6 Å². The lowest BCUT2D eigenvalue weighted by Crippen LogP contribution is -2.13. The molecule has 2 heterocycles. The number of rotatable bonds is 4. The molecule has 0 atom stereocenters. The Morgan fingerprint density at radius 3 is 2.70 bits per heavy atom. The highest BCUT2D eigenvalue weighted by Gasteiger charge is 2.19. The molecular weight excluding hydrogens is 388 g/mol. The third-order valence-electron chi connectivity index (χ3n) is 2.26. The van der Waals surface area contributed by atoms with E-state index in [2.05, 4.69) is 35.0 Å². The van der Waals surface area contributed by atoms with Crippen LogP contribution in [-0.4, -0.2) is 22.8 Å². The van der Waals surface area contributed by atoms with Gasteiger partial charge in [-0.3, -0.25) is 4.72 Å². The predicted octanol–water partition coefficient (Wildman–Crippen LogP) is 3.27. The van der Waals surface area contributed by atoms with E-state index < -0.39 is 10.0 Å². The quantitative estimate of drug-likeness (QED) is 0.800. The van der Waals surface area contributed by atoms with Crippen molar-refractivity contribution in [2.45, 2.75) is 24.7 Å². The van der Waals surface area contributed by atoms with E-state index in [9.17, 15) is 8.42 Å². The smallest absolute Gasteiger partial charge is 0.253 e. The molecule has 0 spiro atoms. The van der Waals surface area contributed by atoms with Gasteiger partial charge in [-0.1, -0.05) is 25.4 Å². The van der Waals surface area contributed by atoms with E-state index in [1.54, 1.807) is 0 Å². The summed E-state index contributed by atoms with van der Waals surface area (Å²) in [7, 11) is -3.76. The van der Waals surface area contributed by atoms with Crippen molar-refractivity contribution in [3.05, 3.63) is 27.7 Å². The highest BCUT2D eigenvalue weighted by Crippen LogP contribution is 2.25. The maximum absolute atomic E-state index is 12.2. The van der Waals surface area contributed by atoms with Gasteiger partial charge in [0.25, 0.3) is 10.0 Å². The van der Waals surface area contributed by atoms with Crippen LogP contribution in [0.25, 0.3) is 0 Å². The number of hydrogen-bond acceptors (Lipinski definition) is 6. The normalized spacial score (nSPS) is 11.8. The number of nitrogens with one attached hydrogen (secondary N) is 1. The minimum absolute atomic E-state index is 0.00456. The summed E-state index contributed by atoms with van der Waals surface area (Å²) in [5.41, 5.74) is 0. The number of aromatic nitrogens is 3. The van der Waals surface area contributed by atoms with E-state index >= 15 is 0 Å². The molecule has 20 heavy (non-hydrogen) atoms. The molecule has 2 aromatic heterocycles. The van der Waals surface area contributed by atoms with Crippen LogP contribution >= 0.6 is 39.1 Å². The van der Waals surface area contributed by atoms with Gasteiger partial charge in [-0.05, 0) is 22.0 Å². The molecule has 0 saturated heterocycles. The van der Waals surface area contributed by atoms with Crippen LogP contribution in [0.1, 0.15) is 25.6 Å². The van der Waals surface area contributed by atoms with Crippen molar-refractivity contribution >= 4 is 54.2 Å². The van der Waals surface area contributed by atoms with Crippen molar-refractivity contribution in [2.75, 3.05) is 4.72 Å². The zero-order chi connectivity index (χ0) is 14.9. The molecule has 0 saturated carbocycles. The number of sulfonamides is 1. The molecule has 2 aromatic rings. The number of nitrogens with zero attached hydrogens (tertiary/aromatic N) is 3. The molecule has 0 radical (unpaired) electrons. The van der Waals surface area contributed by atoms with Gasteiger partial charge < -0.3 is 0 Å². The summed E-state index contributed by atoms with van der Waals surface area (Å²) in [5, 5.41) is 0.418. The molecule has 0 amide bonds. The van der Waals surface area contributed by atoms with E-state index in [1.807, 2.05) is 13.8 Å². The Bertz CT molecular complexity index is 733. The number of hydrogen-bond donors (Lipinski definition) is 1. The molecule has 0 aliphatic rings. The minimum atomic E-state index is -3.76. The summed E-state index contributed by atoms with van der Waals surface area (Å²) in [5.74, 6) is 0.735. The minimum Gasteiger partial charge on any atom is -0.253 e. The first-order valence-corrected chi connectivity index (χ1v) is 8.90. The fourth-order valence-corrected chi connectivity index (χ4v) is 3.74. The Morgan fingerprint density at radius 1 is 1.45 bits per heavy atom. The first kappa shape index (κ1) is 15.6. The highest BCUT2D eigenvalue weighted by atomic mass is 79.9. The zero-order valence-electron chi connectivity index (χ0n) is 10.5. The maximum atomic E-state index is 12.2. The molecule has 0 fully saturated rings. The Labute approximate surface area is 134 Å². The van der Waals surface area contributed by atoms with E-state index in [1.165, 1.54) is 12.3 Å². The van der Waals surface area contributed by atoms with E-state index in [-0.39, 0.29) is 21.1 Å². The molecule has 0 aromatic carbocycles. The van der Waals surface area contributed by atoms with Gasteiger partial charge in [-0.15, -0.1) is 0 Å². The number of anilines is 1. The van der Waals surface area contributed by atoms with Crippen molar-refractivity contribution < 1.29 is 8.42 Å². The zero-order valence-corrected chi connectivity index (χ0v) is 14.4. The summed E-state index contributed by atoms with van der Waals surface area (Å²) >= 11 is 9.87. The second-order valence-electron chi connectivity index (χ2n) is 4.16. The first-order chi connectivity index (χ1) is 9.29. The lowest BCUT2D eigenvalue weighted by atomic mass is 10.2. The topological polar surface area (TPSA) is 84.8 Å². The summed E-state index contributed by atoms with van der Waals surface area (Å²) in [4.78, 5) is 7.90. The molecular formula is C10H10BrClN4O2S2. The summed E-state index contributed by atoms with van der Waals surface area (Å²) in [6, 6.07) is 1.38. The molecule has 2 rings (SSSR count). The molecule has 0 bridgehead atoms. The third kappa shape index (κ3) is 3.46. The van der Waals surface area contributed by atoms with Gasteiger partial charge in [0.2, 0.25) is 5.13 Å². The SMILES string of the molecule is CC(C)c1nsc(NS(=O)(=O)c2cnc(Cl)c(Br)c2)n1. The Hall–Kier alpha value is -0.770. The lowest BCUT2D eigenvalue weighted by Gasteiger charge is -2.05. The summed E-state index contributed by atoms with van der Waals surface area (Å²) < 4.78 is 31.2. The molecule has 0 unspecified atom stereocenters. The van der Waals surface area contributed by atoms with Crippen molar-refractivity contribution in [3.63, 3.8) is 0 Å². The predicted molar refractivity (Wildman–Crippen MR) is 81.8 cm³/mol. The second-order valence-corrected chi connectivity index (χ2v) is 7.81. The van der Waals surface area contributed by atoms with Crippen molar-refractivity contribution in [2.24, 2.45) is 0 Å². The van der Waals surface area contributed by atoms with Crippen LogP contribution in [0, 0.1) is 0 Å². The number of pyridine rings is 1. The third-order valence-corrected chi connectivity index (χ3v) is 5.48. The van der Waals surface area contributed by atoms with Gasteiger partial charge in [0.05, 0.1) is 4.47 Å². The van der Waals surface area contributed by atoms with Crippen molar-refractivity contribution in [1.29, 1.82) is 0 Å². The summed E-state index contributed by atoms with van der Waals surface area (Å²) in [6.45, 7) is 3.86. The van der Waals surface area contributed by atoms with E-state index in [0.29, 0.717) is 10.3 Å². The monoisotopic (exact) mass is 396 g/mol. The van der Waals surface area contributed by atoms with Crippen LogP contribution in [0.4, 0.5) is 5.13 Å². The van der Waals surface area contributed by atoms with Crippen molar-refractivity contribution in [1.82, 2.24) is 14.3 Å². The molecule has 0 aliphatic heterocycles. The number of halogens is 2. The molecule has 108 valence electrons. The Morgan fingerprint density at radius 2 is 2.15 bits per heavy atom.